The van der Waals surface area contributed by atoms with Crippen LogP contribution in [0.25, 0.3) is 22.4 Å². The summed E-state index contributed by atoms with van der Waals surface area (Å²) in [6.45, 7) is 0. The van der Waals surface area contributed by atoms with E-state index < -0.39 is 28.1 Å². The molecule has 38 heavy (non-hydrogen) atoms. The number of nitrogens with two attached hydrogens (primary N) is 2. The first-order chi connectivity index (χ1) is 18.0. The molecule has 1 aliphatic rings. The Morgan fingerprint density at radius 2 is 1.71 bits per heavy atom. The quantitative estimate of drug-likeness (QED) is 0.176. The molecular formula is C23H24F3N5O5S2. The zero-order valence-electron chi connectivity index (χ0n) is 19.7. The molecule has 1 heterocycles. The van der Waals surface area contributed by atoms with Gasteiger partial charge >= 0.3 is 6.18 Å². The van der Waals surface area contributed by atoms with Crippen LogP contribution in [0.2, 0.25) is 0 Å². The molecule has 2 aromatic carbocycles. The molecule has 0 bridgehead atoms. The number of aliphatic hydroxyl groups excluding tert-OH is 1. The molecule has 0 radical (unpaired) electrons. The SMILES string of the molecule is NOOSc1cccc(-c2nc(C(F)(F)F)nc(NC3CCC(O)CC3)c2-c2cccc(S(N)(=O)=O)c2)c1. The van der Waals surface area contributed by atoms with Crippen LogP contribution < -0.4 is 16.4 Å². The van der Waals surface area contributed by atoms with Crippen molar-refractivity contribution in [2.75, 3.05) is 5.32 Å². The Hall–Kier alpha value is -2.79. The fourth-order valence-corrected chi connectivity index (χ4v) is 5.16. The van der Waals surface area contributed by atoms with Gasteiger partial charge in [-0.3, -0.25) is 0 Å². The van der Waals surface area contributed by atoms with Crippen LogP contribution in [0, 0.1) is 0 Å². The normalized spacial score (nSPS) is 18.4. The molecular weight excluding hydrogens is 547 g/mol. The van der Waals surface area contributed by atoms with Crippen LogP contribution in [0.15, 0.2) is 58.3 Å². The summed E-state index contributed by atoms with van der Waals surface area (Å²) in [6.07, 6.45) is -3.41. The van der Waals surface area contributed by atoms with E-state index in [1.54, 1.807) is 18.2 Å². The second kappa shape index (κ2) is 11.5. The number of anilines is 1. The molecule has 0 aliphatic heterocycles. The molecule has 10 nitrogen and oxygen atoms in total. The molecule has 0 amide bonds. The smallest absolute Gasteiger partial charge is 0.393 e. The molecule has 6 N–H and O–H groups in total. The molecule has 0 atom stereocenters. The van der Waals surface area contributed by atoms with Crippen molar-refractivity contribution in [1.82, 2.24) is 9.97 Å². The number of benzene rings is 2. The van der Waals surface area contributed by atoms with Crippen molar-refractivity contribution in [1.29, 1.82) is 0 Å². The molecule has 3 aromatic rings. The summed E-state index contributed by atoms with van der Waals surface area (Å²) >= 11 is 0.731. The van der Waals surface area contributed by atoms with Gasteiger partial charge in [0.05, 0.1) is 34.3 Å². The van der Waals surface area contributed by atoms with Crippen molar-refractivity contribution in [2.24, 2.45) is 11.0 Å². The molecule has 0 unspecified atom stereocenters. The number of halogens is 3. The van der Waals surface area contributed by atoms with Gasteiger partial charge in [0.1, 0.15) is 5.82 Å². The van der Waals surface area contributed by atoms with E-state index >= 15 is 0 Å². The zero-order valence-corrected chi connectivity index (χ0v) is 21.3. The highest BCUT2D eigenvalue weighted by Crippen LogP contribution is 2.41. The van der Waals surface area contributed by atoms with Crippen molar-refractivity contribution in [3.05, 3.63) is 54.4 Å². The molecule has 204 valence electrons. The number of alkyl halides is 3. The predicted molar refractivity (Wildman–Crippen MR) is 133 cm³/mol. The lowest BCUT2D eigenvalue weighted by Gasteiger charge is -2.28. The van der Waals surface area contributed by atoms with Crippen molar-refractivity contribution in [3.63, 3.8) is 0 Å². The van der Waals surface area contributed by atoms with Crippen LogP contribution in [0.1, 0.15) is 31.5 Å². The largest absolute Gasteiger partial charge is 0.451 e. The van der Waals surface area contributed by atoms with Crippen molar-refractivity contribution in [2.45, 2.75) is 53.8 Å². The van der Waals surface area contributed by atoms with Gasteiger partial charge in [-0.1, -0.05) is 24.3 Å². The molecule has 0 spiro atoms. The molecule has 1 fully saturated rings. The topological polar surface area (TPSA) is 163 Å². The van der Waals surface area contributed by atoms with Crippen LogP contribution >= 0.6 is 12.0 Å². The number of hydrogen-bond acceptors (Lipinski definition) is 10. The highest BCUT2D eigenvalue weighted by atomic mass is 32.2. The fourth-order valence-electron chi connectivity index (χ4n) is 4.17. The summed E-state index contributed by atoms with van der Waals surface area (Å²) in [4.78, 5) is 12.0. The summed E-state index contributed by atoms with van der Waals surface area (Å²) in [7, 11) is -4.12. The number of aliphatic hydroxyl groups is 1. The summed E-state index contributed by atoms with van der Waals surface area (Å²) < 4.78 is 70.6. The van der Waals surface area contributed by atoms with Gasteiger partial charge in [0.15, 0.2) is 0 Å². The van der Waals surface area contributed by atoms with Gasteiger partial charge < -0.3 is 10.4 Å². The Morgan fingerprint density at radius 3 is 2.37 bits per heavy atom. The lowest BCUT2D eigenvalue weighted by molar-refractivity contribution is -0.195. The second-order valence-electron chi connectivity index (χ2n) is 8.62. The number of nitrogens with zero attached hydrogens (tertiary/aromatic N) is 2. The molecule has 0 saturated heterocycles. The van der Waals surface area contributed by atoms with E-state index in [-0.39, 0.29) is 39.1 Å². The first-order valence-corrected chi connectivity index (χ1v) is 13.6. The maximum atomic E-state index is 14.0. The lowest BCUT2D eigenvalue weighted by atomic mass is 9.92. The van der Waals surface area contributed by atoms with Crippen LogP contribution in [0.4, 0.5) is 19.0 Å². The Labute approximate surface area is 220 Å². The van der Waals surface area contributed by atoms with Crippen molar-refractivity contribution >= 4 is 27.9 Å². The number of aromatic nitrogens is 2. The minimum atomic E-state index is -4.88. The van der Waals surface area contributed by atoms with Gasteiger partial charge in [-0.15, -0.1) is 9.32 Å². The number of primary sulfonamides is 1. The zero-order chi connectivity index (χ0) is 27.5. The van der Waals surface area contributed by atoms with Gasteiger partial charge in [-0.25, -0.2) is 23.5 Å². The number of rotatable bonds is 8. The van der Waals surface area contributed by atoms with Crippen molar-refractivity contribution in [3.8, 4) is 22.4 Å². The van der Waals surface area contributed by atoms with E-state index in [0.29, 0.717) is 30.6 Å². The maximum absolute atomic E-state index is 14.0. The Morgan fingerprint density at radius 1 is 1.03 bits per heavy atom. The highest BCUT2D eigenvalue weighted by molar-refractivity contribution is 7.94. The van der Waals surface area contributed by atoms with E-state index in [0.717, 1.165) is 12.0 Å². The molecule has 15 heteroatoms. The van der Waals surface area contributed by atoms with Crippen LogP contribution in [-0.4, -0.2) is 35.6 Å². The average molecular weight is 572 g/mol. The molecule has 1 saturated carbocycles. The first-order valence-electron chi connectivity index (χ1n) is 11.3. The summed E-state index contributed by atoms with van der Waals surface area (Å²) in [5, 5.41) is 18.3. The third kappa shape index (κ3) is 6.79. The first kappa shape index (κ1) is 28.2. The third-order valence-electron chi connectivity index (χ3n) is 5.93. The fraction of sp³-hybridized carbons (Fsp3) is 0.304. The predicted octanol–water partition coefficient (Wildman–Crippen LogP) is 4.02. The molecule has 1 aliphatic carbocycles. The van der Waals surface area contributed by atoms with Gasteiger partial charge in [-0.05, 0) is 55.5 Å². The van der Waals surface area contributed by atoms with Gasteiger partial charge in [0.2, 0.25) is 15.8 Å². The number of nitrogens with one attached hydrogen (secondary N) is 1. The van der Waals surface area contributed by atoms with Crippen LogP contribution in [-0.2, 0) is 25.5 Å². The third-order valence-corrected chi connectivity index (χ3v) is 7.43. The Bertz CT molecular complexity index is 1400. The summed E-state index contributed by atoms with van der Waals surface area (Å²) in [5.74, 6) is 3.38. The number of hydrogen-bond donors (Lipinski definition) is 4. The van der Waals surface area contributed by atoms with Gasteiger partial charge in [0, 0.05) is 16.5 Å². The van der Waals surface area contributed by atoms with E-state index in [9.17, 15) is 26.7 Å². The van der Waals surface area contributed by atoms with Gasteiger partial charge in [0.25, 0.3) is 0 Å². The molecule has 4 rings (SSSR count). The van der Waals surface area contributed by atoms with Crippen LogP contribution in [0.3, 0.4) is 0 Å². The second-order valence-corrected chi connectivity index (χ2v) is 11.0. The molecule has 1 aromatic heterocycles. The minimum Gasteiger partial charge on any atom is -0.393 e. The van der Waals surface area contributed by atoms with Crippen molar-refractivity contribution < 1.29 is 36.0 Å². The monoisotopic (exact) mass is 571 g/mol. The van der Waals surface area contributed by atoms with E-state index in [2.05, 4.69) is 24.6 Å². The van der Waals surface area contributed by atoms with Crippen LogP contribution in [0.5, 0.6) is 0 Å². The van der Waals surface area contributed by atoms with Gasteiger partial charge in [-0.2, -0.15) is 19.1 Å². The standard InChI is InChI=1S/C23H24F3N5O5S2/c24-23(25,26)22-30-20(14-4-1-5-17(11-14)37-36-35-27)19(13-3-2-6-18(12-13)38(28,33)34)21(31-22)29-15-7-9-16(32)10-8-15/h1-6,11-12,15-16,32H,7-10,27H2,(H2,28,33,34)(H,29,30,31). The summed E-state index contributed by atoms with van der Waals surface area (Å²) in [5.41, 5.74) is 0.543. The minimum absolute atomic E-state index is 0.103. The Kier molecular flexibility index (Phi) is 8.56. The van der Waals surface area contributed by atoms with E-state index in [4.69, 9.17) is 11.0 Å². The Balaban J connectivity index is 1.96. The summed E-state index contributed by atoms with van der Waals surface area (Å²) in [6, 6.07) is 11.5. The highest BCUT2D eigenvalue weighted by Gasteiger charge is 2.37. The maximum Gasteiger partial charge on any atom is 0.451 e. The van der Waals surface area contributed by atoms with E-state index in [1.165, 1.54) is 30.3 Å². The lowest BCUT2D eigenvalue weighted by Crippen LogP contribution is -2.29. The average Bonchev–Trinajstić information content (AvgIpc) is 2.87. The number of sulfonamides is 1. The van der Waals surface area contributed by atoms with E-state index in [1.807, 2.05) is 0 Å².